The van der Waals surface area contributed by atoms with Crippen LogP contribution in [0.5, 0.6) is 0 Å². The van der Waals surface area contributed by atoms with Gasteiger partial charge in [-0.2, -0.15) is 0 Å². The summed E-state index contributed by atoms with van der Waals surface area (Å²) in [6.07, 6.45) is 7.82. The molecule has 2 aliphatic rings. The summed E-state index contributed by atoms with van der Waals surface area (Å²) in [6, 6.07) is 10.0. The smallest absolute Gasteiger partial charge is 0.191 e. The van der Waals surface area contributed by atoms with Crippen LogP contribution < -0.4 is 10.6 Å². The number of nitrogens with zero attached hydrogens (tertiary/aromatic N) is 3. The fourth-order valence-corrected chi connectivity index (χ4v) is 4.55. The first kappa shape index (κ1) is 22.1. The van der Waals surface area contributed by atoms with Gasteiger partial charge in [-0.3, -0.25) is 9.89 Å². The van der Waals surface area contributed by atoms with Gasteiger partial charge in [0.2, 0.25) is 0 Å². The van der Waals surface area contributed by atoms with E-state index in [2.05, 4.69) is 63.5 Å². The Hall–Kier alpha value is -1.59. The van der Waals surface area contributed by atoms with Crippen LogP contribution >= 0.6 is 0 Å². The summed E-state index contributed by atoms with van der Waals surface area (Å²) in [4.78, 5) is 9.67. The van der Waals surface area contributed by atoms with E-state index in [1.54, 1.807) is 0 Å². The van der Waals surface area contributed by atoms with E-state index in [0.29, 0.717) is 12.1 Å². The molecule has 0 unspecified atom stereocenters. The lowest BCUT2D eigenvalue weighted by Crippen LogP contribution is -2.49. The lowest BCUT2D eigenvalue weighted by atomic mass is 10.0. The molecule has 0 atom stereocenters. The minimum absolute atomic E-state index is 0.517. The maximum Gasteiger partial charge on any atom is 0.191 e. The van der Waals surface area contributed by atoms with Gasteiger partial charge in [-0.25, -0.2) is 0 Å². The van der Waals surface area contributed by atoms with Crippen LogP contribution in [0.3, 0.4) is 0 Å². The summed E-state index contributed by atoms with van der Waals surface area (Å²) >= 11 is 0. The normalized spacial score (nSPS) is 20.6. The molecule has 2 heterocycles. The number of rotatable bonds is 6. The predicted molar refractivity (Wildman–Crippen MR) is 123 cm³/mol. The van der Waals surface area contributed by atoms with Crippen molar-refractivity contribution < 1.29 is 0 Å². The quantitative estimate of drug-likeness (QED) is 0.567. The summed E-state index contributed by atoms with van der Waals surface area (Å²) in [5.41, 5.74) is 2.83. The first-order valence-corrected chi connectivity index (χ1v) is 11.7. The fourth-order valence-electron chi connectivity index (χ4n) is 4.55. The monoisotopic (exact) mass is 399 g/mol. The van der Waals surface area contributed by atoms with Gasteiger partial charge in [-0.15, -0.1) is 0 Å². The fraction of sp³-hybridized carbons (Fsp3) is 0.708. The summed E-state index contributed by atoms with van der Waals surface area (Å²) in [5.74, 6) is 0.928. The molecule has 5 heteroatoms. The molecule has 0 amide bonds. The molecule has 0 aromatic heterocycles. The highest BCUT2D eigenvalue weighted by Gasteiger charge is 2.21. The standard InChI is InChI=1S/C24H41N5/c1-20(2)29-16-12-23(13-17-29)27-24(25-3)26-18-21-10-6-7-11-22(21)19-28-14-8-4-5-9-15-28/h6-7,10-11,20,23H,4-5,8-9,12-19H2,1-3H3,(H2,25,26,27). The third kappa shape index (κ3) is 7.00. The minimum atomic E-state index is 0.517. The Bertz CT molecular complexity index is 626. The van der Waals surface area contributed by atoms with Crippen LogP contribution in [0.15, 0.2) is 29.3 Å². The first-order valence-electron chi connectivity index (χ1n) is 11.7. The molecule has 2 fully saturated rings. The van der Waals surface area contributed by atoms with Crippen molar-refractivity contribution in [2.45, 2.75) is 77.5 Å². The van der Waals surface area contributed by atoms with Gasteiger partial charge in [-0.05, 0) is 63.7 Å². The molecule has 2 N–H and O–H groups in total. The van der Waals surface area contributed by atoms with Gasteiger partial charge in [0, 0.05) is 45.3 Å². The van der Waals surface area contributed by atoms with Gasteiger partial charge in [0.1, 0.15) is 0 Å². The molecule has 2 aliphatic heterocycles. The number of hydrogen-bond acceptors (Lipinski definition) is 3. The summed E-state index contributed by atoms with van der Waals surface area (Å²) in [7, 11) is 1.88. The number of likely N-dealkylation sites (tertiary alicyclic amines) is 2. The van der Waals surface area contributed by atoms with E-state index in [1.165, 1.54) is 75.8 Å². The Morgan fingerprint density at radius 3 is 2.28 bits per heavy atom. The summed E-state index contributed by atoms with van der Waals surface area (Å²) in [6.45, 7) is 11.3. The number of benzene rings is 1. The van der Waals surface area contributed by atoms with Crippen molar-refractivity contribution in [1.82, 2.24) is 20.4 Å². The number of guanidine groups is 1. The third-order valence-electron chi connectivity index (χ3n) is 6.48. The van der Waals surface area contributed by atoms with Crippen molar-refractivity contribution in [2.24, 2.45) is 4.99 Å². The second kappa shape index (κ2) is 11.6. The average Bonchev–Trinajstić information content (AvgIpc) is 3.01. The molecule has 5 nitrogen and oxygen atoms in total. The maximum atomic E-state index is 4.48. The van der Waals surface area contributed by atoms with Gasteiger partial charge in [0.25, 0.3) is 0 Å². The Morgan fingerprint density at radius 1 is 1.00 bits per heavy atom. The lowest BCUT2D eigenvalue weighted by Gasteiger charge is -2.35. The predicted octanol–water partition coefficient (Wildman–Crippen LogP) is 3.60. The zero-order chi connectivity index (χ0) is 20.5. The minimum Gasteiger partial charge on any atom is -0.354 e. The largest absolute Gasteiger partial charge is 0.354 e. The van der Waals surface area contributed by atoms with E-state index in [-0.39, 0.29) is 0 Å². The van der Waals surface area contributed by atoms with Crippen LogP contribution in [0.4, 0.5) is 0 Å². The molecule has 0 spiro atoms. The van der Waals surface area contributed by atoms with Gasteiger partial charge in [-0.1, -0.05) is 37.1 Å². The molecule has 0 bridgehead atoms. The zero-order valence-electron chi connectivity index (χ0n) is 18.8. The Kier molecular flexibility index (Phi) is 8.81. The van der Waals surface area contributed by atoms with Crippen LogP contribution in [0.2, 0.25) is 0 Å². The number of hydrogen-bond donors (Lipinski definition) is 2. The first-order chi connectivity index (χ1) is 14.2. The van der Waals surface area contributed by atoms with Crippen molar-refractivity contribution in [3.05, 3.63) is 35.4 Å². The molecule has 0 radical (unpaired) electrons. The number of piperidine rings is 1. The molecular weight excluding hydrogens is 358 g/mol. The van der Waals surface area contributed by atoms with Crippen molar-refractivity contribution in [3.8, 4) is 0 Å². The van der Waals surface area contributed by atoms with Gasteiger partial charge in [0.05, 0.1) is 0 Å². The van der Waals surface area contributed by atoms with Crippen molar-refractivity contribution in [1.29, 1.82) is 0 Å². The highest BCUT2D eigenvalue weighted by molar-refractivity contribution is 5.80. The van der Waals surface area contributed by atoms with E-state index in [0.717, 1.165) is 19.0 Å². The highest BCUT2D eigenvalue weighted by Crippen LogP contribution is 2.16. The Balaban J connectivity index is 1.50. The van der Waals surface area contributed by atoms with E-state index in [4.69, 9.17) is 0 Å². The van der Waals surface area contributed by atoms with Crippen LogP contribution in [-0.4, -0.2) is 61.1 Å². The van der Waals surface area contributed by atoms with Crippen LogP contribution in [0.25, 0.3) is 0 Å². The van der Waals surface area contributed by atoms with Crippen molar-refractivity contribution in [3.63, 3.8) is 0 Å². The summed E-state index contributed by atoms with van der Waals surface area (Å²) < 4.78 is 0. The van der Waals surface area contributed by atoms with Crippen molar-refractivity contribution >= 4 is 5.96 Å². The second-order valence-electron chi connectivity index (χ2n) is 8.93. The molecule has 1 aromatic carbocycles. The number of aliphatic imine (C=N–C) groups is 1. The molecular formula is C24H41N5. The van der Waals surface area contributed by atoms with E-state index in [9.17, 15) is 0 Å². The van der Waals surface area contributed by atoms with Crippen LogP contribution in [-0.2, 0) is 13.1 Å². The second-order valence-corrected chi connectivity index (χ2v) is 8.93. The topological polar surface area (TPSA) is 42.9 Å². The van der Waals surface area contributed by atoms with Gasteiger partial charge < -0.3 is 15.5 Å². The molecule has 1 aromatic rings. The van der Waals surface area contributed by atoms with Gasteiger partial charge >= 0.3 is 0 Å². The van der Waals surface area contributed by atoms with Crippen LogP contribution in [0.1, 0.15) is 63.5 Å². The highest BCUT2D eigenvalue weighted by atomic mass is 15.2. The molecule has 3 rings (SSSR count). The lowest BCUT2D eigenvalue weighted by molar-refractivity contribution is 0.167. The molecule has 0 aliphatic carbocycles. The van der Waals surface area contributed by atoms with Crippen molar-refractivity contribution in [2.75, 3.05) is 33.2 Å². The van der Waals surface area contributed by atoms with E-state index in [1.807, 2.05) is 7.05 Å². The van der Waals surface area contributed by atoms with Crippen LogP contribution in [0, 0.1) is 0 Å². The summed E-state index contributed by atoms with van der Waals surface area (Å²) in [5, 5.41) is 7.21. The van der Waals surface area contributed by atoms with E-state index < -0.39 is 0 Å². The van der Waals surface area contributed by atoms with Gasteiger partial charge in [0.15, 0.2) is 5.96 Å². The SMILES string of the molecule is CN=C(NCc1ccccc1CN1CCCCCC1)NC1CCN(C(C)C)CC1. The maximum absolute atomic E-state index is 4.48. The number of nitrogens with one attached hydrogen (secondary N) is 2. The Labute approximate surface area is 178 Å². The zero-order valence-corrected chi connectivity index (χ0v) is 18.8. The molecule has 0 saturated carbocycles. The molecule has 2 saturated heterocycles. The molecule has 29 heavy (non-hydrogen) atoms. The average molecular weight is 400 g/mol. The molecule has 162 valence electrons. The van der Waals surface area contributed by atoms with E-state index >= 15 is 0 Å². The third-order valence-corrected chi connectivity index (χ3v) is 6.48. The Morgan fingerprint density at radius 2 is 1.66 bits per heavy atom.